The summed E-state index contributed by atoms with van der Waals surface area (Å²) in [5, 5.41) is 2.80. The molecule has 1 aliphatic heterocycles. The third kappa shape index (κ3) is 5.78. The Labute approximate surface area is 194 Å². The van der Waals surface area contributed by atoms with Crippen molar-refractivity contribution < 1.29 is 17.9 Å². The first-order valence-electron chi connectivity index (χ1n) is 10.8. The summed E-state index contributed by atoms with van der Waals surface area (Å²) in [4.78, 5) is 15.0. The molecule has 4 rings (SSSR count). The van der Waals surface area contributed by atoms with Crippen LogP contribution in [0.2, 0.25) is 0 Å². The molecule has 172 valence electrons. The maximum absolute atomic E-state index is 13.0. The van der Waals surface area contributed by atoms with E-state index >= 15 is 0 Å². The van der Waals surface area contributed by atoms with Crippen molar-refractivity contribution in [3.05, 3.63) is 90.0 Å². The van der Waals surface area contributed by atoms with E-state index in [1.807, 2.05) is 49.5 Å². The second-order valence-electron chi connectivity index (χ2n) is 7.99. The molecule has 0 bridgehead atoms. The van der Waals surface area contributed by atoms with Gasteiger partial charge >= 0.3 is 0 Å². The Morgan fingerprint density at radius 3 is 2.30 bits per heavy atom. The van der Waals surface area contributed by atoms with Gasteiger partial charge in [-0.1, -0.05) is 36.4 Å². The highest BCUT2D eigenvalue weighted by molar-refractivity contribution is 7.89. The van der Waals surface area contributed by atoms with Gasteiger partial charge < -0.3 is 15.0 Å². The van der Waals surface area contributed by atoms with Crippen LogP contribution < -0.4 is 10.1 Å². The number of para-hydroxylation sites is 1. The molecule has 3 aromatic rings. The number of benzene rings is 3. The van der Waals surface area contributed by atoms with Gasteiger partial charge in [0.1, 0.15) is 12.4 Å². The van der Waals surface area contributed by atoms with Crippen molar-refractivity contribution in [2.24, 2.45) is 0 Å². The zero-order valence-electron chi connectivity index (χ0n) is 18.5. The number of sulfonamides is 1. The molecule has 3 aromatic carbocycles. The number of hydrogen-bond donors (Lipinski definition) is 1. The fraction of sp³-hybridized carbons (Fsp3) is 0.240. The van der Waals surface area contributed by atoms with Gasteiger partial charge in [-0.25, -0.2) is 8.42 Å². The zero-order valence-corrected chi connectivity index (χ0v) is 19.3. The van der Waals surface area contributed by atoms with E-state index in [2.05, 4.69) is 10.2 Å². The number of anilines is 1. The number of ether oxygens (including phenoxy) is 1. The van der Waals surface area contributed by atoms with Crippen molar-refractivity contribution in [3.63, 3.8) is 0 Å². The summed E-state index contributed by atoms with van der Waals surface area (Å²) in [7, 11) is -1.63. The lowest BCUT2D eigenvalue weighted by Gasteiger charge is -2.31. The number of amides is 1. The second kappa shape index (κ2) is 10.2. The Kier molecular flexibility index (Phi) is 7.08. The molecule has 1 saturated heterocycles. The van der Waals surface area contributed by atoms with Gasteiger partial charge in [0, 0.05) is 37.4 Å². The average molecular weight is 466 g/mol. The van der Waals surface area contributed by atoms with Crippen LogP contribution in [0.4, 0.5) is 5.69 Å². The molecule has 0 radical (unpaired) electrons. The highest BCUT2D eigenvalue weighted by Gasteiger charge is 2.27. The van der Waals surface area contributed by atoms with E-state index in [-0.39, 0.29) is 10.8 Å². The molecule has 1 amide bonds. The van der Waals surface area contributed by atoms with Crippen LogP contribution in [0.15, 0.2) is 83.8 Å². The average Bonchev–Trinajstić information content (AvgIpc) is 2.84. The van der Waals surface area contributed by atoms with Crippen LogP contribution in [0.1, 0.15) is 15.9 Å². The molecular weight excluding hydrogens is 438 g/mol. The lowest BCUT2D eigenvalue weighted by Crippen LogP contribution is -2.47. The molecular formula is C25H27N3O4S. The van der Waals surface area contributed by atoms with Crippen molar-refractivity contribution in [1.29, 1.82) is 0 Å². The Bertz CT molecular complexity index is 1190. The maximum Gasteiger partial charge on any atom is 0.255 e. The van der Waals surface area contributed by atoms with Crippen LogP contribution >= 0.6 is 0 Å². The van der Waals surface area contributed by atoms with E-state index in [1.165, 1.54) is 10.4 Å². The third-order valence-corrected chi connectivity index (χ3v) is 7.45. The van der Waals surface area contributed by atoms with Gasteiger partial charge in [0.05, 0.1) is 4.90 Å². The molecule has 1 fully saturated rings. The molecule has 1 aliphatic rings. The monoisotopic (exact) mass is 465 g/mol. The molecule has 0 spiro atoms. The highest BCUT2D eigenvalue weighted by Crippen LogP contribution is 2.21. The summed E-state index contributed by atoms with van der Waals surface area (Å²) >= 11 is 0. The van der Waals surface area contributed by atoms with Gasteiger partial charge in [-0.15, -0.1) is 0 Å². The summed E-state index contributed by atoms with van der Waals surface area (Å²) < 4.78 is 33.2. The molecule has 1 heterocycles. The first-order valence-corrected chi connectivity index (χ1v) is 12.2. The van der Waals surface area contributed by atoms with Crippen molar-refractivity contribution in [1.82, 2.24) is 9.21 Å². The van der Waals surface area contributed by atoms with Crippen LogP contribution in [0, 0.1) is 0 Å². The minimum Gasteiger partial charge on any atom is -0.489 e. The topological polar surface area (TPSA) is 79.0 Å². The number of hydrogen-bond acceptors (Lipinski definition) is 5. The van der Waals surface area contributed by atoms with E-state index in [9.17, 15) is 13.2 Å². The quantitative estimate of drug-likeness (QED) is 0.578. The first kappa shape index (κ1) is 23.0. The summed E-state index contributed by atoms with van der Waals surface area (Å²) in [6.07, 6.45) is 0. The highest BCUT2D eigenvalue weighted by atomic mass is 32.2. The Hall–Kier alpha value is -3.20. The largest absolute Gasteiger partial charge is 0.489 e. The predicted molar refractivity (Wildman–Crippen MR) is 128 cm³/mol. The summed E-state index contributed by atoms with van der Waals surface area (Å²) in [6.45, 7) is 2.70. The number of nitrogens with zero attached hydrogens (tertiary/aromatic N) is 2. The Balaban J connectivity index is 1.39. The van der Waals surface area contributed by atoms with Gasteiger partial charge in [-0.05, 0) is 55.1 Å². The normalized spacial score (nSPS) is 15.2. The van der Waals surface area contributed by atoms with E-state index in [1.54, 1.807) is 30.3 Å². The SMILES string of the molecule is CN1CCN(S(=O)(=O)c2cccc(NC(=O)c3ccc(COc4ccccc4)cc3)c2)CC1. The Morgan fingerprint density at radius 1 is 0.909 bits per heavy atom. The number of rotatable bonds is 7. The molecule has 0 aliphatic carbocycles. The number of carbonyl (C=O) groups is 1. The lowest BCUT2D eigenvalue weighted by atomic mass is 10.1. The van der Waals surface area contributed by atoms with Crippen LogP contribution in [-0.2, 0) is 16.6 Å². The molecule has 7 nitrogen and oxygen atoms in total. The summed E-state index contributed by atoms with van der Waals surface area (Å²) in [5.41, 5.74) is 1.85. The molecule has 0 aromatic heterocycles. The first-order chi connectivity index (χ1) is 15.9. The third-order valence-electron chi connectivity index (χ3n) is 5.56. The molecule has 33 heavy (non-hydrogen) atoms. The smallest absolute Gasteiger partial charge is 0.255 e. The molecule has 0 unspecified atom stereocenters. The maximum atomic E-state index is 13.0. The van der Waals surface area contributed by atoms with Crippen LogP contribution in [0.3, 0.4) is 0 Å². The second-order valence-corrected chi connectivity index (χ2v) is 9.93. The number of likely N-dealkylation sites (N-methyl/N-ethyl adjacent to an activating group) is 1. The van der Waals surface area contributed by atoms with Crippen molar-refractivity contribution in [2.45, 2.75) is 11.5 Å². The molecule has 0 saturated carbocycles. The molecule has 1 N–H and O–H groups in total. The number of piperazine rings is 1. The molecule has 0 atom stereocenters. The van der Waals surface area contributed by atoms with E-state index in [4.69, 9.17) is 4.74 Å². The number of nitrogens with one attached hydrogen (secondary N) is 1. The lowest BCUT2D eigenvalue weighted by molar-refractivity contribution is 0.102. The van der Waals surface area contributed by atoms with Gasteiger partial charge in [0.25, 0.3) is 5.91 Å². The van der Waals surface area contributed by atoms with E-state index in [0.717, 1.165) is 11.3 Å². The van der Waals surface area contributed by atoms with Crippen molar-refractivity contribution >= 4 is 21.6 Å². The minimum atomic E-state index is -3.60. The van der Waals surface area contributed by atoms with Gasteiger partial charge in [-0.3, -0.25) is 4.79 Å². The van der Waals surface area contributed by atoms with Crippen LogP contribution in [0.25, 0.3) is 0 Å². The Morgan fingerprint density at radius 2 is 1.61 bits per heavy atom. The van der Waals surface area contributed by atoms with Gasteiger partial charge in [0.2, 0.25) is 10.0 Å². The van der Waals surface area contributed by atoms with Crippen LogP contribution in [-0.4, -0.2) is 56.8 Å². The van der Waals surface area contributed by atoms with E-state index < -0.39 is 10.0 Å². The van der Waals surface area contributed by atoms with E-state index in [0.29, 0.717) is 44.0 Å². The summed E-state index contributed by atoms with van der Waals surface area (Å²) in [5.74, 6) is 0.477. The zero-order chi connectivity index (χ0) is 23.3. The van der Waals surface area contributed by atoms with Gasteiger partial charge in [0.15, 0.2) is 0 Å². The van der Waals surface area contributed by atoms with Crippen molar-refractivity contribution in [3.8, 4) is 5.75 Å². The fourth-order valence-electron chi connectivity index (χ4n) is 3.55. The van der Waals surface area contributed by atoms with Crippen molar-refractivity contribution in [2.75, 3.05) is 38.5 Å². The minimum absolute atomic E-state index is 0.179. The number of carbonyl (C=O) groups excluding carboxylic acids is 1. The van der Waals surface area contributed by atoms with Gasteiger partial charge in [-0.2, -0.15) is 4.31 Å². The fourth-order valence-corrected chi connectivity index (χ4v) is 5.02. The predicted octanol–water partition coefficient (Wildman–Crippen LogP) is 3.45. The summed E-state index contributed by atoms with van der Waals surface area (Å²) in [6, 6.07) is 23.1. The molecule has 8 heteroatoms. The standard InChI is InChI=1S/C25H27N3O4S/c1-27-14-16-28(17-15-27)33(30,31)24-9-5-6-22(18-24)26-25(29)21-12-10-20(11-13-21)19-32-23-7-3-2-4-8-23/h2-13,18H,14-17,19H2,1H3,(H,26,29). The van der Waals surface area contributed by atoms with Crippen LogP contribution in [0.5, 0.6) is 5.75 Å².